The average molecular weight is 331 g/mol. The van der Waals surface area contributed by atoms with Gasteiger partial charge in [0.1, 0.15) is 17.0 Å². The van der Waals surface area contributed by atoms with Crippen molar-refractivity contribution in [3.05, 3.63) is 29.0 Å². The second-order valence-electron chi connectivity index (χ2n) is 6.02. The number of aliphatic hydroxyl groups excluding tert-OH is 1. The Morgan fingerprint density at radius 2 is 2.05 bits per heavy atom. The number of rotatable bonds is 2. The Morgan fingerprint density at radius 1 is 1.36 bits per heavy atom. The van der Waals surface area contributed by atoms with Crippen molar-refractivity contribution in [2.45, 2.75) is 43.8 Å². The van der Waals surface area contributed by atoms with Crippen LogP contribution in [0.4, 0.5) is 8.78 Å². The van der Waals surface area contributed by atoms with Crippen molar-refractivity contribution in [2.24, 2.45) is 5.92 Å². The number of nitrogens with zero attached hydrogens (tertiary/aromatic N) is 2. The molecule has 2 fully saturated rings. The third-order valence-corrected chi connectivity index (χ3v) is 4.79. The second kappa shape index (κ2) is 5.74. The molecule has 22 heavy (non-hydrogen) atoms. The Hall–Kier alpha value is -1.27. The highest BCUT2D eigenvalue weighted by atomic mass is 35.5. The molecule has 120 valence electrons. The first kappa shape index (κ1) is 15.6. The quantitative estimate of drug-likeness (QED) is 0.848. The van der Waals surface area contributed by atoms with Gasteiger partial charge in [0.05, 0.1) is 12.6 Å². The van der Waals surface area contributed by atoms with Gasteiger partial charge < -0.3 is 10.0 Å². The van der Waals surface area contributed by atoms with E-state index in [4.69, 9.17) is 11.6 Å². The molecule has 1 N–H and O–H groups in total. The van der Waals surface area contributed by atoms with E-state index in [9.17, 15) is 18.7 Å². The zero-order valence-electron chi connectivity index (χ0n) is 11.9. The van der Waals surface area contributed by atoms with Crippen LogP contribution in [0.5, 0.6) is 0 Å². The van der Waals surface area contributed by atoms with Crippen LogP contribution in [-0.2, 0) is 0 Å². The highest BCUT2D eigenvalue weighted by molar-refractivity contribution is 6.29. The van der Waals surface area contributed by atoms with E-state index in [1.54, 1.807) is 6.07 Å². The number of likely N-dealkylation sites (tertiary alicyclic amines) is 1. The molecule has 2 aliphatic rings. The van der Waals surface area contributed by atoms with E-state index in [-0.39, 0.29) is 16.8 Å². The lowest BCUT2D eigenvalue weighted by Crippen LogP contribution is -2.45. The molecule has 0 aromatic carbocycles. The molecule has 0 bridgehead atoms. The maximum absolute atomic E-state index is 14.0. The van der Waals surface area contributed by atoms with Crippen LogP contribution in [0.25, 0.3) is 0 Å². The number of hydrogen-bond donors (Lipinski definition) is 1. The van der Waals surface area contributed by atoms with Crippen LogP contribution in [0.1, 0.15) is 36.2 Å². The van der Waals surface area contributed by atoms with Gasteiger partial charge in [-0.25, -0.2) is 13.8 Å². The smallest absolute Gasteiger partial charge is 0.292 e. The van der Waals surface area contributed by atoms with Gasteiger partial charge >= 0.3 is 0 Å². The molecule has 1 aromatic rings. The highest BCUT2D eigenvalue weighted by Crippen LogP contribution is 2.41. The molecule has 1 saturated heterocycles. The molecule has 1 amide bonds. The number of hydrogen-bond acceptors (Lipinski definition) is 3. The zero-order chi connectivity index (χ0) is 15.9. The fourth-order valence-corrected chi connectivity index (χ4v) is 3.70. The van der Waals surface area contributed by atoms with Crippen LogP contribution >= 0.6 is 11.6 Å². The van der Waals surface area contributed by atoms with Gasteiger partial charge in [-0.2, -0.15) is 0 Å². The van der Waals surface area contributed by atoms with Crippen LogP contribution < -0.4 is 0 Å². The van der Waals surface area contributed by atoms with Gasteiger partial charge in [0, 0.05) is 0 Å². The van der Waals surface area contributed by atoms with E-state index in [1.807, 2.05) is 0 Å². The van der Waals surface area contributed by atoms with Gasteiger partial charge in [-0.05, 0) is 30.9 Å². The van der Waals surface area contributed by atoms with E-state index in [2.05, 4.69) is 4.98 Å². The maximum Gasteiger partial charge on any atom is 0.292 e. The second-order valence-corrected chi connectivity index (χ2v) is 6.41. The van der Waals surface area contributed by atoms with Crippen molar-refractivity contribution < 1.29 is 18.7 Å². The normalized spacial score (nSPS) is 28.3. The summed E-state index contributed by atoms with van der Waals surface area (Å²) in [5, 5.41) is 10.1. The highest BCUT2D eigenvalue weighted by Gasteiger charge is 2.57. The molecule has 0 radical (unpaired) electrons. The van der Waals surface area contributed by atoms with Crippen molar-refractivity contribution in [1.82, 2.24) is 9.88 Å². The SMILES string of the molecule is O=C(c1cccc(Cl)n1)N1CC(F)(F)[C@H](O)[C@@H]1C1CCCC1. The van der Waals surface area contributed by atoms with Crippen LogP contribution in [-0.4, -0.2) is 45.5 Å². The summed E-state index contributed by atoms with van der Waals surface area (Å²) in [6, 6.07) is 3.66. The summed E-state index contributed by atoms with van der Waals surface area (Å²) in [6.07, 6.45) is 1.57. The van der Waals surface area contributed by atoms with Crippen LogP contribution in [0.15, 0.2) is 18.2 Å². The Kier molecular flexibility index (Phi) is 4.07. The molecule has 7 heteroatoms. The summed E-state index contributed by atoms with van der Waals surface area (Å²) >= 11 is 5.76. The predicted molar refractivity (Wildman–Crippen MR) is 77.0 cm³/mol. The topological polar surface area (TPSA) is 53.4 Å². The first-order chi connectivity index (χ1) is 10.4. The molecule has 3 rings (SSSR count). The van der Waals surface area contributed by atoms with Crippen molar-refractivity contribution >= 4 is 17.5 Å². The minimum Gasteiger partial charge on any atom is -0.385 e. The van der Waals surface area contributed by atoms with Crippen LogP contribution in [0.2, 0.25) is 5.15 Å². The number of pyridine rings is 1. The van der Waals surface area contributed by atoms with Gasteiger partial charge in [-0.3, -0.25) is 4.79 Å². The maximum atomic E-state index is 14.0. The Bertz CT molecular complexity index is 578. The molecule has 1 aromatic heterocycles. The van der Waals surface area contributed by atoms with Crippen molar-refractivity contribution in [3.63, 3.8) is 0 Å². The summed E-state index contributed by atoms with van der Waals surface area (Å²) in [7, 11) is 0. The molecular formula is C15H17ClF2N2O2. The van der Waals surface area contributed by atoms with E-state index in [1.165, 1.54) is 12.1 Å². The molecule has 0 spiro atoms. The van der Waals surface area contributed by atoms with Gasteiger partial charge in [-0.1, -0.05) is 30.5 Å². The monoisotopic (exact) mass is 330 g/mol. The average Bonchev–Trinajstić information content (AvgIpc) is 3.06. The Morgan fingerprint density at radius 3 is 2.68 bits per heavy atom. The number of aliphatic hydroxyl groups is 1. The van der Waals surface area contributed by atoms with Crippen molar-refractivity contribution in [3.8, 4) is 0 Å². The molecule has 1 saturated carbocycles. The molecule has 1 aliphatic carbocycles. The molecule has 4 nitrogen and oxygen atoms in total. The summed E-state index contributed by atoms with van der Waals surface area (Å²) in [6.45, 7) is -0.775. The predicted octanol–water partition coefficient (Wildman–Crippen LogP) is 2.75. The van der Waals surface area contributed by atoms with Crippen molar-refractivity contribution in [2.75, 3.05) is 6.54 Å². The molecule has 0 unspecified atom stereocenters. The summed E-state index contributed by atoms with van der Waals surface area (Å²) in [5.41, 5.74) is 0.0281. The third-order valence-electron chi connectivity index (χ3n) is 4.58. The van der Waals surface area contributed by atoms with Gasteiger partial charge in [-0.15, -0.1) is 0 Å². The zero-order valence-corrected chi connectivity index (χ0v) is 12.6. The number of carbonyl (C=O) groups excluding carboxylic acids is 1. The minimum absolute atomic E-state index is 0.0281. The lowest BCUT2D eigenvalue weighted by molar-refractivity contribution is -0.0851. The van der Waals surface area contributed by atoms with Gasteiger partial charge in [0.15, 0.2) is 0 Å². The molecule has 1 aliphatic heterocycles. The lowest BCUT2D eigenvalue weighted by Gasteiger charge is -2.30. The van der Waals surface area contributed by atoms with Gasteiger partial charge in [0.25, 0.3) is 11.8 Å². The molecule has 2 atom stereocenters. The number of aromatic nitrogens is 1. The number of carbonyl (C=O) groups is 1. The largest absolute Gasteiger partial charge is 0.385 e. The summed E-state index contributed by atoms with van der Waals surface area (Å²) in [5.74, 6) is -3.98. The number of amides is 1. The number of alkyl halides is 2. The molecule has 2 heterocycles. The first-order valence-electron chi connectivity index (χ1n) is 7.39. The number of halogens is 3. The van der Waals surface area contributed by atoms with E-state index in [0.29, 0.717) is 0 Å². The Balaban J connectivity index is 1.91. The first-order valence-corrected chi connectivity index (χ1v) is 7.77. The van der Waals surface area contributed by atoms with E-state index in [0.717, 1.165) is 30.6 Å². The van der Waals surface area contributed by atoms with Crippen LogP contribution in [0.3, 0.4) is 0 Å². The van der Waals surface area contributed by atoms with E-state index >= 15 is 0 Å². The fourth-order valence-electron chi connectivity index (χ4n) is 3.54. The summed E-state index contributed by atoms with van der Waals surface area (Å²) < 4.78 is 27.9. The standard InChI is InChI=1S/C15H17ClF2N2O2/c16-11-7-3-6-10(19-11)14(22)20-8-15(17,18)13(21)12(20)9-4-1-2-5-9/h3,6-7,9,12-13,21H,1-2,4-5,8H2/t12-,13+/m0/s1. The summed E-state index contributed by atoms with van der Waals surface area (Å²) in [4.78, 5) is 17.5. The van der Waals surface area contributed by atoms with Crippen LogP contribution in [0, 0.1) is 5.92 Å². The molecular weight excluding hydrogens is 314 g/mol. The van der Waals surface area contributed by atoms with Gasteiger partial charge in [0.2, 0.25) is 0 Å². The lowest BCUT2D eigenvalue weighted by atomic mass is 9.93. The van der Waals surface area contributed by atoms with E-state index < -0.39 is 30.5 Å². The fraction of sp³-hybridized carbons (Fsp3) is 0.600. The third kappa shape index (κ3) is 2.70. The minimum atomic E-state index is -3.29. The Labute approximate surface area is 132 Å². The van der Waals surface area contributed by atoms with Crippen molar-refractivity contribution in [1.29, 1.82) is 0 Å².